The number of ketones is 1. The van der Waals surface area contributed by atoms with Gasteiger partial charge in [0.15, 0.2) is 0 Å². The van der Waals surface area contributed by atoms with E-state index in [1.807, 2.05) is 6.08 Å². The van der Waals surface area contributed by atoms with Crippen molar-refractivity contribution in [2.75, 3.05) is 5.75 Å². The van der Waals surface area contributed by atoms with Crippen LogP contribution < -0.4 is 0 Å². The smallest absolute Gasteiger partial charge is 0.129 e. The van der Waals surface area contributed by atoms with E-state index in [9.17, 15) is 15.0 Å². The number of hydrogen-bond donors (Lipinski definition) is 2. The first-order valence-corrected chi connectivity index (χ1v) is 13.4. The molecule has 0 amide bonds. The van der Waals surface area contributed by atoms with Crippen LogP contribution in [0.5, 0.6) is 0 Å². The number of unbranched alkanes of at least 4 members (excludes halogenated alkanes) is 4. The molecule has 0 heterocycles. The summed E-state index contributed by atoms with van der Waals surface area (Å²) >= 11 is 1.71. The zero-order valence-corrected chi connectivity index (χ0v) is 21.8. The SMILES string of the molecule is C=CCS/C(=C\CCC)CC(O)C#C[C@@H]1[C@@H](CCCCCCC(C)=O)C(C)C(C)(C)[C@H]1O. The van der Waals surface area contributed by atoms with Gasteiger partial charge >= 0.3 is 0 Å². The second kappa shape index (κ2) is 15.0. The molecule has 1 fully saturated rings. The largest absolute Gasteiger partial charge is 0.391 e. The molecule has 0 aromatic rings. The molecular weight excluding hydrogens is 416 g/mol. The molecule has 2 N–H and O–H groups in total. The van der Waals surface area contributed by atoms with Crippen molar-refractivity contribution in [3.8, 4) is 11.8 Å². The molecule has 0 bridgehead atoms. The van der Waals surface area contributed by atoms with Gasteiger partial charge in [0.1, 0.15) is 11.9 Å². The van der Waals surface area contributed by atoms with E-state index in [0.717, 1.165) is 55.6 Å². The molecule has 182 valence electrons. The summed E-state index contributed by atoms with van der Waals surface area (Å²) in [5, 5.41) is 21.6. The fourth-order valence-corrected chi connectivity index (χ4v) is 5.50. The quantitative estimate of drug-likeness (QED) is 0.175. The Labute approximate surface area is 201 Å². The maximum absolute atomic E-state index is 11.1. The summed E-state index contributed by atoms with van der Waals surface area (Å²) in [6.07, 6.45) is 11.5. The Morgan fingerprint density at radius 2 is 1.94 bits per heavy atom. The van der Waals surface area contributed by atoms with Crippen molar-refractivity contribution in [2.24, 2.45) is 23.2 Å². The van der Waals surface area contributed by atoms with Gasteiger partial charge in [-0.15, -0.1) is 18.3 Å². The predicted octanol–water partition coefficient (Wildman–Crippen LogP) is 6.54. The summed E-state index contributed by atoms with van der Waals surface area (Å²) in [6, 6.07) is 0. The maximum atomic E-state index is 11.1. The Morgan fingerprint density at radius 1 is 1.25 bits per heavy atom. The van der Waals surface area contributed by atoms with E-state index in [1.165, 1.54) is 0 Å². The Morgan fingerprint density at radius 3 is 2.56 bits per heavy atom. The molecule has 0 aromatic heterocycles. The van der Waals surface area contributed by atoms with Gasteiger partial charge in [-0.25, -0.2) is 0 Å². The van der Waals surface area contributed by atoms with Crippen molar-refractivity contribution in [2.45, 2.75) is 105 Å². The van der Waals surface area contributed by atoms with Gasteiger partial charge in [-0.05, 0) is 48.3 Å². The zero-order valence-electron chi connectivity index (χ0n) is 21.0. The van der Waals surface area contributed by atoms with Gasteiger partial charge in [0.25, 0.3) is 0 Å². The lowest BCUT2D eigenvalue weighted by Crippen LogP contribution is -2.30. The Kier molecular flexibility index (Phi) is 13.6. The highest BCUT2D eigenvalue weighted by Crippen LogP contribution is 2.51. The summed E-state index contributed by atoms with van der Waals surface area (Å²) in [7, 11) is 0. The lowest BCUT2D eigenvalue weighted by atomic mass is 9.78. The van der Waals surface area contributed by atoms with Gasteiger partial charge in [-0.3, -0.25) is 0 Å². The van der Waals surface area contributed by atoms with E-state index in [1.54, 1.807) is 18.7 Å². The molecule has 5 atom stereocenters. The highest BCUT2D eigenvalue weighted by molar-refractivity contribution is 8.03. The fraction of sp³-hybridized carbons (Fsp3) is 0.750. The number of rotatable bonds is 14. The van der Waals surface area contributed by atoms with Crippen LogP contribution in [-0.2, 0) is 4.79 Å². The normalized spacial score (nSPS) is 25.8. The predicted molar refractivity (Wildman–Crippen MR) is 138 cm³/mol. The number of allylic oxidation sites excluding steroid dienone is 1. The minimum Gasteiger partial charge on any atom is -0.391 e. The molecule has 0 aromatic carbocycles. The number of aliphatic hydroxyl groups excluding tert-OH is 2. The third kappa shape index (κ3) is 9.46. The van der Waals surface area contributed by atoms with Crippen LogP contribution in [0.4, 0.5) is 0 Å². The summed E-state index contributed by atoms with van der Waals surface area (Å²) in [4.78, 5) is 12.3. The minimum absolute atomic E-state index is 0.101. The lowest BCUT2D eigenvalue weighted by molar-refractivity contribution is -0.117. The van der Waals surface area contributed by atoms with Crippen molar-refractivity contribution < 1.29 is 15.0 Å². The maximum Gasteiger partial charge on any atom is 0.129 e. The molecule has 2 unspecified atom stereocenters. The first-order chi connectivity index (χ1) is 15.1. The fourth-order valence-electron chi connectivity index (χ4n) is 4.66. The van der Waals surface area contributed by atoms with Gasteiger partial charge in [-0.1, -0.05) is 77.4 Å². The number of thioether (sulfide) groups is 1. The standard InChI is InChI=1S/C28H46O3S/c1-7-9-15-24(32-19-8-2)20-23(30)17-18-26-25(22(4)28(5,6)27(26)31)16-13-11-10-12-14-21(3)29/h8,15,22-23,25-27,30-31H,2,7,9-14,16,19-20H2,1,3-6H3/b24-15-/t22?,23?,25-,26+,27-/m0/s1. The van der Waals surface area contributed by atoms with Crippen LogP contribution >= 0.6 is 11.8 Å². The zero-order chi connectivity index (χ0) is 24.1. The molecular formula is C28H46O3S. The Bertz CT molecular complexity index is 670. The van der Waals surface area contributed by atoms with E-state index < -0.39 is 12.2 Å². The molecule has 1 aliphatic carbocycles. The molecule has 0 radical (unpaired) electrons. The molecule has 0 saturated heterocycles. The van der Waals surface area contributed by atoms with Crippen molar-refractivity contribution in [3.05, 3.63) is 23.6 Å². The first-order valence-electron chi connectivity index (χ1n) is 12.4. The monoisotopic (exact) mass is 462 g/mol. The molecule has 1 rings (SSSR count). The highest BCUT2D eigenvalue weighted by Gasteiger charge is 2.51. The van der Waals surface area contributed by atoms with E-state index in [4.69, 9.17) is 0 Å². The summed E-state index contributed by atoms with van der Waals surface area (Å²) in [5.41, 5.74) is -0.185. The molecule has 3 nitrogen and oxygen atoms in total. The van der Waals surface area contributed by atoms with Crippen LogP contribution in [0.3, 0.4) is 0 Å². The average Bonchev–Trinajstić information content (AvgIpc) is 2.90. The van der Waals surface area contributed by atoms with Crippen molar-refractivity contribution in [1.82, 2.24) is 0 Å². The Hall–Kier alpha value is -1.02. The highest BCUT2D eigenvalue weighted by atomic mass is 32.2. The van der Waals surface area contributed by atoms with Gasteiger partial charge in [0.05, 0.1) is 6.10 Å². The molecule has 0 spiro atoms. The van der Waals surface area contributed by atoms with Crippen LogP contribution in [0.25, 0.3) is 0 Å². The van der Waals surface area contributed by atoms with Crippen molar-refractivity contribution in [1.29, 1.82) is 0 Å². The number of Topliss-reactive ketones (excluding diaryl/α,β-unsaturated/α-hetero) is 1. The molecule has 1 aliphatic rings. The molecule has 0 aliphatic heterocycles. The van der Waals surface area contributed by atoms with Crippen LogP contribution in [0.15, 0.2) is 23.6 Å². The number of carbonyl (C=O) groups excluding carboxylic acids is 1. The first kappa shape index (κ1) is 29.0. The summed E-state index contributed by atoms with van der Waals surface area (Å²) < 4.78 is 0. The third-order valence-corrected chi connectivity index (χ3v) is 8.16. The van der Waals surface area contributed by atoms with Gasteiger partial charge < -0.3 is 15.0 Å². The molecule has 4 heteroatoms. The molecule has 1 saturated carbocycles. The number of hydrogen-bond acceptors (Lipinski definition) is 4. The number of carbonyl (C=O) groups is 1. The van der Waals surface area contributed by atoms with Crippen molar-refractivity contribution in [3.63, 3.8) is 0 Å². The van der Waals surface area contributed by atoms with Crippen LogP contribution in [0, 0.1) is 35.0 Å². The van der Waals surface area contributed by atoms with Gasteiger partial charge in [-0.2, -0.15) is 0 Å². The summed E-state index contributed by atoms with van der Waals surface area (Å²) in [6.45, 7) is 14.1. The third-order valence-electron chi connectivity index (χ3n) is 7.05. The van der Waals surface area contributed by atoms with Gasteiger partial charge in [0, 0.05) is 24.5 Å². The van der Waals surface area contributed by atoms with E-state index in [2.05, 4.69) is 52.2 Å². The van der Waals surface area contributed by atoms with Gasteiger partial charge in [0.2, 0.25) is 0 Å². The van der Waals surface area contributed by atoms with Crippen LogP contribution in [0.2, 0.25) is 0 Å². The van der Waals surface area contributed by atoms with Crippen LogP contribution in [-0.4, -0.2) is 34.0 Å². The van der Waals surface area contributed by atoms with E-state index in [-0.39, 0.29) is 17.1 Å². The number of aliphatic hydroxyl groups is 2. The lowest BCUT2D eigenvalue weighted by Gasteiger charge is -2.29. The minimum atomic E-state index is -0.714. The Balaban J connectivity index is 2.77. The average molecular weight is 463 g/mol. The van der Waals surface area contributed by atoms with E-state index >= 15 is 0 Å². The second-order valence-corrected chi connectivity index (χ2v) is 11.1. The van der Waals surface area contributed by atoms with Crippen LogP contribution in [0.1, 0.15) is 92.4 Å². The van der Waals surface area contributed by atoms with E-state index in [0.29, 0.717) is 24.7 Å². The molecule has 32 heavy (non-hydrogen) atoms. The summed E-state index contributed by atoms with van der Waals surface area (Å²) in [5.74, 6) is 8.08. The second-order valence-electron chi connectivity index (χ2n) is 9.97. The van der Waals surface area contributed by atoms with Crippen molar-refractivity contribution >= 4 is 17.5 Å². The topological polar surface area (TPSA) is 57.5 Å².